The van der Waals surface area contributed by atoms with Crippen molar-refractivity contribution < 1.29 is 9.84 Å². The second-order valence-corrected chi connectivity index (χ2v) is 6.23. The van der Waals surface area contributed by atoms with Crippen molar-refractivity contribution in [2.75, 3.05) is 6.61 Å². The van der Waals surface area contributed by atoms with Gasteiger partial charge >= 0.3 is 0 Å². The smallest absolute Gasteiger partial charge is 0.125 e. The minimum absolute atomic E-state index is 0.351. The molecular weight excluding hydrogens is 224 g/mol. The van der Waals surface area contributed by atoms with E-state index < -0.39 is 6.10 Å². The molecule has 1 atom stereocenters. The molecule has 0 amide bonds. The third-order valence-corrected chi connectivity index (χ3v) is 2.94. The topological polar surface area (TPSA) is 29.5 Å². The number of aryl methyl sites for hydroxylation is 1. The average Bonchev–Trinajstić information content (AvgIpc) is 2.24. The van der Waals surface area contributed by atoms with E-state index in [-0.39, 0.29) is 0 Å². The highest BCUT2D eigenvalue weighted by molar-refractivity contribution is 5.38. The van der Waals surface area contributed by atoms with Crippen LogP contribution in [-0.4, -0.2) is 11.7 Å². The Labute approximate surface area is 111 Å². The quantitative estimate of drug-likeness (QED) is 0.791. The summed E-state index contributed by atoms with van der Waals surface area (Å²) in [5.41, 5.74) is 2.38. The Morgan fingerprint density at radius 3 is 2.50 bits per heavy atom. The molecular formula is C16H26O2. The maximum absolute atomic E-state index is 9.73. The Bertz CT molecular complexity index is 375. The first kappa shape index (κ1) is 15.0. The zero-order valence-corrected chi connectivity index (χ0v) is 12.3. The van der Waals surface area contributed by atoms with E-state index in [2.05, 4.69) is 20.8 Å². The SMILES string of the molecule is Cc1ccc(OCCCC(C)(C)C)c([C@@H](C)O)c1. The molecule has 2 heteroatoms. The first-order chi connectivity index (χ1) is 8.29. The van der Waals surface area contributed by atoms with Crippen LogP contribution in [0.2, 0.25) is 0 Å². The van der Waals surface area contributed by atoms with Gasteiger partial charge in [-0.15, -0.1) is 0 Å². The minimum atomic E-state index is -0.484. The summed E-state index contributed by atoms with van der Waals surface area (Å²) in [4.78, 5) is 0. The highest BCUT2D eigenvalue weighted by Crippen LogP contribution is 2.27. The first-order valence-corrected chi connectivity index (χ1v) is 6.71. The molecule has 0 bridgehead atoms. The van der Waals surface area contributed by atoms with Gasteiger partial charge in [0.1, 0.15) is 5.75 Å². The molecule has 0 spiro atoms. The summed E-state index contributed by atoms with van der Waals surface area (Å²) in [6.07, 6.45) is 1.70. The van der Waals surface area contributed by atoms with Gasteiger partial charge in [-0.2, -0.15) is 0 Å². The predicted molar refractivity (Wildman–Crippen MR) is 76.0 cm³/mol. The van der Waals surface area contributed by atoms with Gasteiger partial charge in [0.15, 0.2) is 0 Å². The van der Waals surface area contributed by atoms with Gasteiger partial charge in [0, 0.05) is 5.56 Å². The largest absolute Gasteiger partial charge is 0.493 e. The molecule has 0 saturated heterocycles. The molecule has 0 aromatic heterocycles. The van der Waals surface area contributed by atoms with Crippen LogP contribution in [0, 0.1) is 12.3 Å². The maximum Gasteiger partial charge on any atom is 0.125 e. The predicted octanol–water partition coefficient (Wildman–Crippen LogP) is 4.25. The molecule has 1 rings (SSSR count). The summed E-state index contributed by atoms with van der Waals surface area (Å²) in [5, 5.41) is 9.73. The normalized spacial score (nSPS) is 13.4. The Balaban J connectivity index is 2.57. The monoisotopic (exact) mass is 250 g/mol. The average molecular weight is 250 g/mol. The zero-order valence-electron chi connectivity index (χ0n) is 12.3. The van der Waals surface area contributed by atoms with Crippen molar-refractivity contribution in [2.45, 2.75) is 53.6 Å². The number of hydrogen-bond acceptors (Lipinski definition) is 2. The second kappa shape index (κ2) is 6.24. The highest BCUT2D eigenvalue weighted by atomic mass is 16.5. The van der Waals surface area contributed by atoms with Crippen LogP contribution in [0.5, 0.6) is 5.75 Å². The molecule has 0 heterocycles. The van der Waals surface area contributed by atoms with Crippen LogP contribution in [0.3, 0.4) is 0 Å². The summed E-state index contributed by atoms with van der Waals surface area (Å²) in [6, 6.07) is 5.96. The summed E-state index contributed by atoms with van der Waals surface area (Å²) < 4.78 is 5.79. The molecule has 0 aliphatic rings. The van der Waals surface area contributed by atoms with Crippen LogP contribution >= 0.6 is 0 Å². The Kier molecular flexibility index (Phi) is 5.21. The minimum Gasteiger partial charge on any atom is -0.493 e. The van der Waals surface area contributed by atoms with Gasteiger partial charge in [-0.05, 0) is 44.2 Å². The number of benzene rings is 1. The van der Waals surface area contributed by atoms with Gasteiger partial charge in [0.05, 0.1) is 12.7 Å². The lowest BCUT2D eigenvalue weighted by Crippen LogP contribution is -2.09. The lowest BCUT2D eigenvalue weighted by molar-refractivity contribution is 0.189. The number of aliphatic hydroxyl groups excluding tert-OH is 1. The standard InChI is InChI=1S/C16H26O2/c1-12-7-8-15(14(11-12)13(2)17)18-10-6-9-16(3,4)5/h7-8,11,13,17H,6,9-10H2,1-5H3/t13-/m1/s1. The molecule has 0 fully saturated rings. The van der Waals surface area contributed by atoms with Gasteiger partial charge in [0.2, 0.25) is 0 Å². The molecule has 1 N–H and O–H groups in total. The molecule has 0 unspecified atom stereocenters. The van der Waals surface area contributed by atoms with E-state index in [9.17, 15) is 5.11 Å². The van der Waals surface area contributed by atoms with E-state index in [0.717, 1.165) is 29.7 Å². The fourth-order valence-electron chi connectivity index (χ4n) is 1.91. The number of hydrogen-bond donors (Lipinski definition) is 1. The number of ether oxygens (including phenoxy) is 1. The molecule has 0 aliphatic heterocycles. The van der Waals surface area contributed by atoms with Crippen molar-refractivity contribution in [3.8, 4) is 5.75 Å². The van der Waals surface area contributed by atoms with E-state index >= 15 is 0 Å². The van der Waals surface area contributed by atoms with E-state index in [1.165, 1.54) is 0 Å². The first-order valence-electron chi connectivity index (χ1n) is 6.71. The van der Waals surface area contributed by atoms with E-state index in [1.807, 2.05) is 25.1 Å². The van der Waals surface area contributed by atoms with Crippen molar-refractivity contribution in [2.24, 2.45) is 5.41 Å². The summed E-state index contributed by atoms with van der Waals surface area (Å²) in [7, 11) is 0. The lowest BCUT2D eigenvalue weighted by atomic mass is 9.91. The van der Waals surface area contributed by atoms with E-state index in [1.54, 1.807) is 6.92 Å². The molecule has 1 aromatic carbocycles. The fourth-order valence-corrected chi connectivity index (χ4v) is 1.91. The van der Waals surface area contributed by atoms with E-state index in [4.69, 9.17) is 4.74 Å². The molecule has 2 nitrogen and oxygen atoms in total. The Morgan fingerprint density at radius 2 is 1.94 bits per heavy atom. The molecule has 18 heavy (non-hydrogen) atoms. The van der Waals surface area contributed by atoms with Gasteiger partial charge in [-0.1, -0.05) is 32.4 Å². The number of aliphatic hydroxyl groups is 1. The summed E-state index contributed by atoms with van der Waals surface area (Å²) in [6.45, 7) is 11.2. The second-order valence-electron chi connectivity index (χ2n) is 6.23. The van der Waals surface area contributed by atoms with Gasteiger partial charge in [-0.25, -0.2) is 0 Å². The highest BCUT2D eigenvalue weighted by Gasteiger charge is 2.11. The molecule has 0 radical (unpaired) electrons. The molecule has 1 aromatic rings. The Morgan fingerprint density at radius 1 is 1.28 bits per heavy atom. The zero-order chi connectivity index (χ0) is 13.8. The van der Waals surface area contributed by atoms with Crippen LogP contribution in [-0.2, 0) is 0 Å². The molecule has 102 valence electrons. The van der Waals surface area contributed by atoms with Crippen molar-refractivity contribution in [3.05, 3.63) is 29.3 Å². The maximum atomic E-state index is 9.73. The van der Waals surface area contributed by atoms with E-state index in [0.29, 0.717) is 12.0 Å². The van der Waals surface area contributed by atoms with Crippen LogP contribution in [0.4, 0.5) is 0 Å². The lowest BCUT2D eigenvalue weighted by Gasteiger charge is -2.19. The van der Waals surface area contributed by atoms with Crippen LogP contribution < -0.4 is 4.74 Å². The third kappa shape index (κ3) is 5.09. The molecule has 0 aliphatic carbocycles. The van der Waals surface area contributed by atoms with Gasteiger partial charge in [0.25, 0.3) is 0 Å². The van der Waals surface area contributed by atoms with Gasteiger partial charge < -0.3 is 9.84 Å². The summed E-state index contributed by atoms with van der Waals surface area (Å²) >= 11 is 0. The van der Waals surface area contributed by atoms with Gasteiger partial charge in [-0.3, -0.25) is 0 Å². The van der Waals surface area contributed by atoms with Crippen LogP contribution in [0.15, 0.2) is 18.2 Å². The van der Waals surface area contributed by atoms with Crippen molar-refractivity contribution in [3.63, 3.8) is 0 Å². The van der Waals surface area contributed by atoms with Crippen molar-refractivity contribution in [1.29, 1.82) is 0 Å². The summed E-state index contributed by atoms with van der Waals surface area (Å²) in [5.74, 6) is 0.810. The van der Waals surface area contributed by atoms with Crippen molar-refractivity contribution >= 4 is 0 Å². The van der Waals surface area contributed by atoms with Crippen LogP contribution in [0.25, 0.3) is 0 Å². The fraction of sp³-hybridized carbons (Fsp3) is 0.625. The van der Waals surface area contributed by atoms with Crippen molar-refractivity contribution in [1.82, 2.24) is 0 Å². The Hall–Kier alpha value is -1.02. The molecule has 0 saturated carbocycles. The van der Waals surface area contributed by atoms with Crippen LogP contribution in [0.1, 0.15) is 57.8 Å². The third-order valence-electron chi connectivity index (χ3n) is 2.94. The number of rotatable bonds is 5.